The van der Waals surface area contributed by atoms with Crippen LogP contribution in [0.25, 0.3) is 0 Å². The molecule has 1 aromatic carbocycles. The number of hydrogen-bond acceptors (Lipinski definition) is 0. The summed E-state index contributed by atoms with van der Waals surface area (Å²) in [7, 11) is 0. The van der Waals surface area contributed by atoms with Gasteiger partial charge in [-0.2, -0.15) is 0 Å². The largest absolute Gasteiger partial charge is 0.122 e. The lowest BCUT2D eigenvalue weighted by Crippen LogP contribution is -2.20. The van der Waals surface area contributed by atoms with E-state index in [-0.39, 0.29) is 5.38 Å². The van der Waals surface area contributed by atoms with Crippen LogP contribution in [-0.4, -0.2) is 5.38 Å². The highest BCUT2D eigenvalue weighted by atomic mass is 35.5. The smallest absolute Gasteiger partial charge is 0.0408 e. The maximum atomic E-state index is 6.50. The second-order valence-electron chi connectivity index (χ2n) is 4.75. The molecule has 0 radical (unpaired) electrons. The minimum absolute atomic E-state index is 0.277. The van der Waals surface area contributed by atoms with E-state index in [4.69, 9.17) is 23.2 Å². The van der Waals surface area contributed by atoms with Gasteiger partial charge in [-0.3, -0.25) is 0 Å². The Kier molecular flexibility index (Phi) is 4.55. The van der Waals surface area contributed by atoms with Crippen molar-refractivity contribution in [3.8, 4) is 0 Å². The van der Waals surface area contributed by atoms with Crippen molar-refractivity contribution in [3.05, 3.63) is 34.9 Å². The molecule has 0 N–H and O–H groups in total. The SMILES string of the molecule is Clc1cccc(CC(Cl)C2CCCCC2)c1. The van der Waals surface area contributed by atoms with Crippen LogP contribution in [0, 0.1) is 5.92 Å². The standard InChI is InChI=1S/C14H18Cl2/c15-13-8-4-5-11(9-13)10-14(16)12-6-2-1-3-7-12/h4-5,8-9,12,14H,1-3,6-7,10H2. The van der Waals surface area contributed by atoms with Crippen molar-refractivity contribution >= 4 is 23.2 Å². The first-order valence-corrected chi connectivity index (χ1v) is 6.95. The minimum Gasteiger partial charge on any atom is -0.122 e. The van der Waals surface area contributed by atoms with Gasteiger partial charge in [0.1, 0.15) is 0 Å². The van der Waals surface area contributed by atoms with E-state index in [0.29, 0.717) is 5.92 Å². The number of halogens is 2. The van der Waals surface area contributed by atoms with E-state index < -0.39 is 0 Å². The quantitative estimate of drug-likeness (QED) is 0.663. The Hall–Kier alpha value is -0.200. The topological polar surface area (TPSA) is 0 Å². The van der Waals surface area contributed by atoms with Gasteiger partial charge in [-0.15, -0.1) is 11.6 Å². The van der Waals surface area contributed by atoms with Crippen molar-refractivity contribution in [2.45, 2.75) is 43.9 Å². The molecule has 0 saturated heterocycles. The molecule has 1 aliphatic rings. The fraction of sp³-hybridized carbons (Fsp3) is 0.571. The first-order valence-electron chi connectivity index (χ1n) is 6.14. The molecular weight excluding hydrogens is 239 g/mol. The zero-order valence-corrected chi connectivity index (χ0v) is 11.0. The highest BCUT2D eigenvalue weighted by Gasteiger charge is 2.21. The van der Waals surface area contributed by atoms with Crippen LogP contribution in [0.15, 0.2) is 24.3 Å². The van der Waals surface area contributed by atoms with E-state index in [1.165, 1.54) is 37.7 Å². The molecule has 0 heterocycles. The average molecular weight is 257 g/mol. The van der Waals surface area contributed by atoms with Crippen LogP contribution < -0.4 is 0 Å². The van der Waals surface area contributed by atoms with Gasteiger partial charge in [-0.25, -0.2) is 0 Å². The molecule has 0 amide bonds. The van der Waals surface area contributed by atoms with Crippen molar-refractivity contribution in [2.24, 2.45) is 5.92 Å². The molecule has 0 aliphatic heterocycles. The van der Waals surface area contributed by atoms with Gasteiger partial charge in [0.05, 0.1) is 0 Å². The number of hydrogen-bond donors (Lipinski definition) is 0. The Bertz CT molecular complexity index is 329. The maximum absolute atomic E-state index is 6.50. The Labute approximate surface area is 108 Å². The highest BCUT2D eigenvalue weighted by molar-refractivity contribution is 6.30. The molecule has 1 fully saturated rings. The van der Waals surface area contributed by atoms with Gasteiger partial charge in [0.15, 0.2) is 0 Å². The van der Waals surface area contributed by atoms with Crippen molar-refractivity contribution < 1.29 is 0 Å². The highest BCUT2D eigenvalue weighted by Crippen LogP contribution is 2.31. The Balaban J connectivity index is 1.93. The van der Waals surface area contributed by atoms with Crippen LogP contribution in [0.1, 0.15) is 37.7 Å². The molecule has 0 aromatic heterocycles. The molecule has 2 heteroatoms. The number of benzene rings is 1. The van der Waals surface area contributed by atoms with E-state index in [9.17, 15) is 0 Å². The lowest BCUT2D eigenvalue weighted by atomic mass is 9.85. The van der Waals surface area contributed by atoms with E-state index >= 15 is 0 Å². The van der Waals surface area contributed by atoms with E-state index in [1.807, 2.05) is 18.2 Å². The van der Waals surface area contributed by atoms with Crippen LogP contribution in [-0.2, 0) is 6.42 Å². The normalized spacial score (nSPS) is 19.6. The molecule has 2 rings (SSSR count). The summed E-state index contributed by atoms with van der Waals surface area (Å²) in [5.41, 5.74) is 1.26. The predicted molar refractivity (Wildman–Crippen MR) is 71.4 cm³/mol. The van der Waals surface area contributed by atoms with Gasteiger partial charge in [0.2, 0.25) is 0 Å². The molecule has 88 valence electrons. The van der Waals surface area contributed by atoms with Gasteiger partial charge in [-0.1, -0.05) is 43.0 Å². The summed E-state index contributed by atoms with van der Waals surface area (Å²) < 4.78 is 0. The minimum atomic E-state index is 0.277. The molecular formula is C14H18Cl2. The first-order chi connectivity index (χ1) is 7.75. The second-order valence-corrected chi connectivity index (χ2v) is 5.75. The zero-order chi connectivity index (χ0) is 11.4. The summed E-state index contributed by atoms with van der Waals surface area (Å²) in [5.74, 6) is 0.703. The summed E-state index contributed by atoms with van der Waals surface area (Å²) in [6.45, 7) is 0. The Morgan fingerprint density at radius 3 is 2.62 bits per heavy atom. The lowest BCUT2D eigenvalue weighted by molar-refractivity contribution is 0.344. The lowest BCUT2D eigenvalue weighted by Gasteiger charge is -2.26. The van der Waals surface area contributed by atoms with E-state index in [1.54, 1.807) is 0 Å². The van der Waals surface area contributed by atoms with Gasteiger partial charge >= 0.3 is 0 Å². The molecule has 16 heavy (non-hydrogen) atoms. The summed E-state index contributed by atoms with van der Waals surface area (Å²) in [5, 5.41) is 1.09. The maximum Gasteiger partial charge on any atom is 0.0408 e. The first kappa shape index (κ1) is 12.3. The van der Waals surface area contributed by atoms with Gasteiger partial charge in [0.25, 0.3) is 0 Å². The van der Waals surface area contributed by atoms with E-state index in [0.717, 1.165) is 11.4 Å². The van der Waals surface area contributed by atoms with Gasteiger partial charge in [-0.05, 0) is 42.9 Å². The second kappa shape index (κ2) is 5.93. The number of rotatable bonds is 3. The Morgan fingerprint density at radius 2 is 1.94 bits per heavy atom. The van der Waals surface area contributed by atoms with Gasteiger partial charge < -0.3 is 0 Å². The molecule has 0 nitrogen and oxygen atoms in total. The molecule has 1 saturated carbocycles. The average Bonchev–Trinajstić information content (AvgIpc) is 2.30. The summed E-state index contributed by atoms with van der Waals surface area (Å²) in [6.07, 6.45) is 7.64. The Morgan fingerprint density at radius 1 is 1.19 bits per heavy atom. The van der Waals surface area contributed by atoms with Crippen molar-refractivity contribution in [1.29, 1.82) is 0 Å². The van der Waals surface area contributed by atoms with Crippen LogP contribution in [0.2, 0.25) is 5.02 Å². The molecule has 0 spiro atoms. The van der Waals surface area contributed by atoms with Crippen molar-refractivity contribution in [1.82, 2.24) is 0 Å². The van der Waals surface area contributed by atoms with Crippen molar-refractivity contribution in [2.75, 3.05) is 0 Å². The van der Waals surface area contributed by atoms with Crippen LogP contribution in [0.3, 0.4) is 0 Å². The fourth-order valence-electron chi connectivity index (χ4n) is 2.55. The monoisotopic (exact) mass is 256 g/mol. The van der Waals surface area contributed by atoms with Crippen molar-refractivity contribution in [3.63, 3.8) is 0 Å². The summed E-state index contributed by atoms with van der Waals surface area (Å²) in [6, 6.07) is 8.06. The third-order valence-electron chi connectivity index (χ3n) is 3.48. The van der Waals surface area contributed by atoms with E-state index in [2.05, 4.69) is 6.07 Å². The molecule has 0 bridgehead atoms. The zero-order valence-electron chi connectivity index (χ0n) is 9.46. The molecule has 1 aliphatic carbocycles. The van der Waals surface area contributed by atoms with Crippen LogP contribution >= 0.6 is 23.2 Å². The third kappa shape index (κ3) is 3.40. The molecule has 1 unspecified atom stereocenters. The van der Waals surface area contributed by atoms with Gasteiger partial charge in [0, 0.05) is 10.4 Å². The molecule has 1 aromatic rings. The fourth-order valence-corrected chi connectivity index (χ4v) is 3.19. The van der Waals surface area contributed by atoms with Crippen LogP contribution in [0.5, 0.6) is 0 Å². The summed E-state index contributed by atoms with van der Waals surface area (Å²) in [4.78, 5) is 0. The molecule has 1 atom stereocenters. The third-order valence-corrected chi connectivity index (χ3v) is 4.23. The van der Waals surface area contributed by atoms with Crippen LogP contribution in [0.4, 0.5) is 0 Å². The number of alkyl halides is 1. The predicted octanol–water partition coefficient (Wildman–Crippen LogP) is 5.07. The summed E-state index contributed by atoms with van der Waals surface area (Å²) >= 11 is 12.5.